The minimum Gasteiger partial charge on any atom is -0.347 e. The first kappa shape index (κ1) is 17.9. The van der Waals surface area contributed by atoms with Crippen molar-refractivity contribution in [1.29, 1.82) is 0 Å². The highest BCUT2D eigenvalue weighted by Gasteiger charge is 2.40. The molecule has 0 unspecified atom stereocenters. The van der Waals surface area contributed by atoms with Gasteiger partial charge >= 0.3 is 0 Å². The summed E-state index contributed by atoms with van der Waals surface area (Å²) >= 11 is 0. The lowest BCUT2D eigenvalue weighted by molar-refractivity contribution is -0.181. The summed E-state index contributed by atoms with van der Waals surface area (Å²) < 4.78 is 11.4. The predicted molar refractivity (Wildman–Crippen MR) is 101 cm³/mol. The molecule has 2 aliphatic heterocycles. The summed E-state index contributed by atoms with van der Waals surface area (Å²) in [5.41, 5.74) is 1.53. The minimum atomic E-state index is -0.478. The van der Waals surface area contributed by atoms with E-state index in [-0.39, 0.29) is 5.91 Å². The second-order valence-corrected chi connectivity index (χ2v) is 6.75. The van der Waals surface area contributed by atoms with Crippen LogP contribution < -0.4 is 4.90 Å². The third-order valence-electron chi connectivity index (χ3n) is 5.14. The SMILES string of the molecule is CCN(c1ccccc1)c1ncc(C(=O)N2CCC3(CC2)OCCO3)cn1. The number of carbonyl (C=O) groups excluding carboxylic acids is 1. The van der Waals surface area contributed by atoms with Gasteiger partial charge < -0.3 is 19.3 Å². The van der Waals surface area contributed by atoms with Crippen molar-refractivity contribution < 1.29 is 14.3 Å². The van der Waals surface area contributed by atoms with E-state index in [4.69, 9.17) is 9.47 Å². The summed E-state index contributed by atoms with van der Waals surface area (Å²) in [5, 5.41) is 0. The quantitative estimate of drug-likeness (QED) is 0.826. The Morgan fingerprint density at radius 2 is 1.74 bits per heavy atom. The van der Waals surface area contributed by atoms with Crippen molar-refractivity contribution in [3.8, 4) is 0 Å². The molecule has 2 fully saturated rings. The lowest BCUT2D eigenvalue weighted by Crippen LogP contribution is -2.47. The number of aromatic nitrogens is 2. The van der Waals surface area contributed by atoms with Crippen LogP contribution in [0.1, 0.15) is 30.1 Å². The zero-order chi connectivity index (χ0) is 18.7. The van der Waals surface area contributed by atoms with Crippen LogP contribution in [0.3, 0.4) is 0 Å². The topological polar surface area (TPSA) is 67.8 Å². The standard InChI is InChI=1S/C20H24N4O3/c1-2-24(17-6-4-3-5-7-17)19-21-14-16(15-22-19)18(25)23-10-8-20(9-11-23)26-12-13-27-20/h3-7,14-15H,2,8-13H2,1H3. The molecule has 4 rings (SSSR count). The number of amides is 1. The van der Waals surface area contributed by atoms with Crippen LogP contribution in [0, 0.1) is 0 Å². The molecule has 1 aromatic heterocycles. The van der Waals surface area contributed by atoms with Crippen LogP contribution >= 0.6 is 0 Å². The van der Waals surface area contributed by atoms with Gasteiger partial charge in [-0.2, -0.15) is 0 Å². The molecule has 2 aliphatic rings. The summed E-state index contributed by atoms with van der Waals surface area (Å²) in [6.45, 7) is 5.30. The van der Waals surface area contributed by atoms with Crippen molar-refractivity contribution in [1.82, 2.24) is 14.9 Å². The maximum atomic E-state index is 12.8. The second kappa shape index (κ2) is 7.62. The monoisotopic (exact) mass is 368 g/mol. The molecule has 27 heavy (non-hydrogen) atoms. The van der Waals surface area contributed by atoms with Gasteiger partial charge in [0.25, 0.3) is 5.91 Å². The number of nitrogens with zero attached hydrogens (tertiary/aromatic N) is 4. The molecule has 0 radical (unpaired) electrons. The number of hydrogen-bond acceptors (Lipinski definition) is 6. The number of likely N-dealkylation sites (tertiary alicyclic amines) is 1. The molecule has 0 bridgehead atoms. The molecule has 2 saturated heterocycles. The lowest BCUT2D eigenvalue weighted by atomic mass is 10.0. The molecule has 0 N–H and O–H groups in total. The molecule has 0 aliphatic carbocycles. The Hall–Kier alpha value is -2.51. The number of piperidine rings is 1. The molecular formula is C20H24N4O3. The zero-order valence-corrected chi connectivity index (χ0v) is 15.5. The van der Waals surface area contributed by atoms with Crippen LogP contribution in [0.4, 0.5) is 11.6 Å². The van der Waals surface area contributed by atoms with Gasteiger partial charge in [-0.05, 0) is 19.1 Å². The van der Waals surface area contributed by atoms with Gasteiger partial charge in [0, 0.05) is 50.6 Å². The predicted octanol–water partition coefficient (Wildman–Crippen LogP) is 2.61. The molecule has 0 atom stereocenters. The molecule has 3 heterocycles. The lowest BCUT2D eigenvalue weighted by Gasteiger charge is -2.37. The van der Waals surface area contributed by atoms with Crippen molar-refractivity contribution in [2.75, 3.05) is 37.7 Å². The van der Waals surface area contributed by atoms with E-state index in [0.717, 1.165) is 12.2 Å². The first-order valence-corrected chi connectivity index (χ1v) is 9.43. The maximum Gasteiger partial charge on any atom is 0.256 e. The third kappa shape index (κ3) is 3.65. The summed E-state index contributed by atoms with van der Waals surface area (Å²) in [5.74, 6) is 0.0665. The van der Waals surface area contributed by atoms with Crippen molar-refractivity contribution >= 4 is 17.5 Å². The van der Waals surface area contributed by atoms with E-state index >= 15 is 0 Å². The number of anilines is 2. The Balaban J connectivity index is 1.43. The molecule has 1 spiro atoms. The van der Waals surface area contributed by atoms with E-state index in [0.29, 0.717) is 50.7 Å². The molecule has 142 valence electrons. The summed E-state index contributed by atoms with van der Waals surface area (Å²) in [7, 11) is 0. The zero-order valence-electron chi connectivity index (χ0n) is 15.5. The van der Waals surface area contributed by atoms with Gasteiger partial charge in [0.1, 0.15) is 0 Å². The minimum absolute atomic E-state index is 0.0443. The fraction of sp³-hybridized carbons (Fsp3) is 0.450. The fourth-order valence-electron chi connectivity index (χ4n) is 3.64. The first-order valence-electron chi connectivity index (χ1n) is 9.43. The number of benzene rings is 1. The van der Waals surface area contributed by atoms with Crippen molar-refractivity contribution in [3.63, 3.8) is 0 Å². The van der Waals surface area contributed by atoms with Gasteiger partial charge in [0.2, 0.25) is 5.95 Å². The Morgan fingerprint density at radius 1 is 1.11 bits per heavy atom. The fourth-order valence-corrected chi connectivity index (χ4v) is 3.64. The maximum absolute atomic E-state index is 12.8. The van der Waals surface area contributed by atoms with E-state index in [1.807, 2.05) is 47.1 Å². The van der Waals surface area contributed by atoms with Crippen LogP contribution in [-0.4, -0.2) is 59.4 Å². The Bertz CT molecular complexity index is 766. The van der Waals surface area contributed by atoms with E-state index in [1.165, 1.54) is 0 Å². The first-order chi connectivity index (χ1) is 13.2. The van der Waals surface area contributed by atoms with E-state index < -0.39 is 5.79 Å². The van der Waals surface area contributed by atoms with Crippen LogP contribution in [-0.2, 0) is 9.47 Å². The smallest absolute Gasteiger partial charge is 0.256 e. The average Bonchev–Trinajstić information content (AvgIpc) is 3.18. The third-order valence-corrected chi connectivity index (χ3v) is 5.14. The molecular weight excluding hydrogens is 344 g/mol. The highest BCUT2D eigenvalue weighted by atomic mass is 16.7. The van der Waals surface area contributed by atoms with Gasteiger partial charge in [0.15, 0.2) is 5.79 Å². The molecule has 0 saturated carbocycles. The van der Waals surface area contributed by atoms with Crippen LogP contribution in [0.5, 0.6) is 0 Å². The normalized spacial score (nSPS) is 18.6. The summed E-state index contributed by atoms with van der Waals surface area (Å²) in [4.78, 5) is 25.5. The number of hydrogen-bond donors (Lipinski definition) is 0. The van der Waals surface area contributed by atoms with Crippen LogP contribution in [0.2, 0.25) is 0 Å². The van der Waals surface area contributed by atoms with E-state index in [2.05, 4.69) is 9.97 Å². The largest absolute Gasteiger partial charge is 0.347 e. The van der Waals surface area contributed by atoms with Gasteiger partial charge in [-0.15, -0.1) is 0 Å². The van der Waals surface area contributed by atoms with Crippen molar-refractivity contribution in [2.24, 2.45) is 0 Å². The van der Waals surface area contributed by atoms with E-state index in [9.17, 15) is 4.79 Å². The van der Waals surface area contributed by atoms with Gasteiger partial charge in [0.05, 0.1) is 18.8 Å². The van der Waals surface area contributed by atoms with Crippen LogP contribution in [0.15, 0.2) is 42.7 Å². The van der Waals surface area contributed by atoms with E-state index in [1.54, 1.807) is 12.4 Å². The van der Waals surface area contributed by atoms with Crippen LogP contribution in [0.25, 0.3) is 0 Å². The number of para-hydroxylation sites is 1. The number of ether oxygens (including phenoxy) is 2. The van der Waals surface area contributed by atoms with Gasteiger partial charge in [-0.3, -0.25) is 4.79 Å². The molecule has 7 heteroatoms. The number of carbonyl (C=O) groups is 1. The van der Waals surface area contributed by atoms with Crippen molar-refractivity contribution in [2.45, 2.75) is 25.6 Å². The van der Waals surface area contributed by atoms with Crippen molar-refractivity contribution in [3.05, 3.63) is 48.3 Å². The molecule has 1 aromatic carbocycles. The molecule has 7 nitrogen and oxygen atoms in total. The van der Waals surface area contributed by atoms with Gasteiger partial charge in [-0.1, -0.05) is 18.2 Å². The molecule has 1 amide bonds. The Kier molecular flexibility index (Phi) is 5.05. The summed E-state index contributed by atoms with van der Waals surface area (Å²) in [6, 6.07) is 9.98. The Labute approximate surface area is 158 Å². The highest BCUT2D eigenvalue weighted by Crippen LogP contribution is 2.31. The average molecular weight is 368 g/mol. The number of rotatable bonds is 4. The Morgan fingerprint density at radius 3 is 2.33 bits per heavy atom. The second-order valence-electron chi connectivity index (χ2n) is 6.75. The van der Waals surface area contributed by atoms with Gasteiger partial charge in [-0.25, -0.2) is 9.97 Å². The highest BCUT2D eigenvalue weighted by molar-refractivity contribution is 5.93. The summed E-state index contributed by atoms with van der Waals surface area (Å²) in [6.07, 6.45) is 4.64. The molecule has 2 aromatic rings.